The average Bonchev–Trinajstić information content (AvgIpc) is 2.58. The summed E-state index contributed by atoms with van der Waals surface area (Å²) in [5, 5.41) is 8.15. The molecule has 0 aliphatic carbocycles. The van der Waals surface area contributed by atoms with E-state index in [0.717, 1.165) is 5.56 Å². The molecule has 1 aromatic carbocycles. The van der Waals surface area contributed by atoms with E-state index in [0.29, 0.717) is 24.0 Å². The molecular formula is C18H29N3O4. The van der Waals surface area contributed by atoms with Gasteiger partial charge in [-0.3, -0.25) is 15.4 Å². The van der Waals surface area contributed by atoms with Gasteiger partial charge in [-0.05, 0) is 38.0 Å². The second-order valence-corrected chi connectivity index (χ2v) is 6.31. The van der Waals surface area contributed by atoms with E-state index in [9.17, 15) is 9.59 Å². The number of carbonyl (C=O) groups excluding carboxylic acids is 2. The Labute approximate surface area is 149 Å². The monoisotopic (exact) mass is 351 g/mol. The van der Waals surface area contributed by atoms with Gasteiger partial charge >= 0.3 is 6.03 Å². The summed E-state index contributed by atoms with van der Waals surface area (Å²) in [6.07, 6.45) is 0. The average molecular weight is 351 g/mol. The van der Waals surface area contributed by atoms with Gasteiger partial charge in [-0.25, -0.2) is 4.79 Å². The third-order valence-corrected chi connectivity index (χ3v) is 3.70. The Morgan fingerprint density at radius 3 is 2.32 bits per heavy atom. The van der Waals surface area contributed by atoms with E-state index < -0.39 is 18.0 Å². The van der Waals surface area contributed by atoms with Gasteiger partial charge in [0, 0.05) is 18.2 Å². The van der Waals surface area contributed by atoms with E-state index in [1.54, 1.807) is 21.1 Å². The Hall–Kier alpha value is -2.28. The predicted molar refractivity (Wildman–Crippen MR) is 96.9 cm³/mol. The van der Waals surface area contributed by atoms with Crippen molar-refractivity contribution >= 4 is 11.9 Å². The summed E-state index contributed by atoms with van der Waals surface area (Å²) in [5.41, 5.74) is 0.866. The van der Waals surface area contributed by atoms with Crippen molar-refractivity contribution in [3.8, 4) is 11.5 Å². The molecule has 0 spiro atoms. The van der Waals surface area contributed by atoms with Gasteiger partial charge in [0.2, 0.25) is 5.91 Å². The molecule has 0 bridgehead atoms. The minimum absolute atomic E-state index is 0.176. The van der Waals surface area contributed by atoms with Crippen LogP contribution in [0, 0.1) is 5.92 Å². The van der Waals surface area contributed by atoms with E-state index in [-0.39, 0.29) is 6.04 Å². The lowest BCUT2D eigenvalue weighted by molar-refractivity contribution is -0.121. The van der Waals surface area contributed by atoms with E-state index in [1.807, 2.05) is 39.0 Å². The largest absolute Gasteiger partial charge is 0.497 e. The first-order valence-electron chi connectivity index (χ1n) is 8.35. The maximum atomic E-state index is 12.2. The lowest BCUT2D eigenvalue weighted by Gasteiger charge is -2.22. The number of nitrogens with one attached hydrogen (secondary N) is 3. The first kappa shape index (κ1) is 20.8. The molecule has 1 rings (SSSR count). The maximum Gasteiger partial charge on any atom is 0.321 e. The number of imide groups is 1. The van der Waals surface area contributed by atoms with E-state index >= 15 is 0 Å². The minimum Gasteiger partial charge on any atom is -0.497 e. The number of amides is 3. The molecule has 7 heteroatoms. The zero-order valence-electron chi connectivity index (χ0n) is 15.8. The second kappa shape index (κ2) is 9.88. The van der Waals surface area contributed by atoms with E-state index in [2.05, 4.69) is 16.0 Å². The fraction of sp³-hybridized carbons (Fsp3) is 0.556. The molecule has 0 heterocycles. The topological polar surface area (TPSA) is 88.7 Å². The second-order valence-electron chi connectivity index (χ2n) is 6.31. The Balaban J connectivity index is 2.68. The summed E-state index contributed by atoms with van der Waals surface area (Å²) in [6.45, 7) is 8.09. The molecule has 0 aliphatic rings. The summed E-state index contributed by atoms with van der Waals surface area (Å²) in [4.78, 5) is 23.8. The number of ether oxygens (including phenoxy) is 2. The van der Waals surface area contributed by atoms with Crippen LogP contribution in [0.25, 0.3) is 0 Å². The first-order chi connectivity index (χ1) is 11.8. The van der Waals surface area contributed by atoms with Crippen LogP contribution in [0.4, 0.5) is 4.79 Å². The van der Waals surface area contributed by atoms with Gasteiger partial charge in [-0.15, -0.1) is 0 Å². The summed E-state index contributed by atoms with van der Waals surface area (Å²) in [7, 11) is 3.18. The molecule has 1 aromatic rings. The van der Waals surface area contributed by atoms with Crippen LogP contribution in [0.5, 0.6) is 11.5 Å². The lowest BCUT2D eigenvalue weighted by atomic mass is 10.1. The molecule has 0 fully saturated rings. The normalized spacial score (nSPS) is 13.1. The molecule has 25 heavy (non-hydrogen) atoms. The molecule has 3 N–H and O–H groups in total. The van der Waals surface area contributed by atoms with Crippen molar-refractivity contribution < 1.29 is 19.1 Å². The zero-order valence-corrected chi connectivity index (χ0v) is 15.8. The van der Waals surface area contributed by atoms with Crippen molar-refractivity contribution in [2.45, 2.75) is 39.8 Å². The predicted octanol–water partition coefficient (Wildman–Crippen LogP) is 2.22. The van der Waals surface area contributed by atoms with Gasteiger partial charge in [-0.1, -0.05) is 13.8 Å². The van der Waals surface area contributed by atoms with E-state index in [4.69, 9.17) is 9.47 Å². The van der Waals surface area contributed by atoms with E-state index in [1.165, 1.54) is 0 Å². The molecule has 0 aliphatic heterocycles. The third-order valence-electron chi connectivity index (χ3n) is 3.70. The van der Waals surface area contributed by atoms with Crippen LogP contribution in [0.1, 0.15) is 39.3 Å². The van der Waals surface area contributed by atoms with Crippen molar-refractivity contribution in [2.24, 2.45) is 5.92 Å². The van der Waals surface area contributed by atoms with Gasteiger partial charge in [-0.2, -0.15) is 0 Å². The fourth-order valence-corrected chi connectivity index (χ4v) is 2.28. The van der Waals surface area contributed by atoms with Crippen molar-refractivity contribution in [2.75, 3.05) is 20.8 Å². The third kappa shape index (κ3) is 6.62. The van der Waals surface area contributed by atoms with Crippen molar-refractivity contribution in [3.63, 3.8) is 0 Å². The number of hydrogen-bond acceptors (Lipinski definition) is 5. The van der Waals surface area contributed by atoms with Crippen LogP contribution in [0.3, 0.4) is 0 Å². The number of carbonyl (C=O) groups is 2. The maximum absolute atomic E-state index is 12.2. The molecule has 0 radical (unpaired) electrons. The Morgan fingerprint density at radius 1 is 1.08 bits per heavy atom. The SMILES string of the molecule is COc1ccc(OC)c([C@H](C)N[C@@H](C)C(=O)NC(=O)NCC(C)C)c1. The number of benzene rings is 1. The van der Waals surface area contributed by atoms with Crippen LogP contribution in [-0.4, -0.2) is 38.7 Å². The van der Waals surface area contributed by atoms with Crippen LogP contribution in [0.15, 0.2) is 18.2 Å². The van der Waals surface area contributed by atoms with Crippen molar-refractivity contribution in [1.82, 2.24) is 16.0 Å². The van der Waals surface area contributed by atoms with Crippen LogP contribution in [-0.2, 0) is 4.79 Å². The van der Waals surface area contributed by atoms with Crippen LogP contribution in [0.2, 0.25) is 0 Å². The van der Waals surface area contributed by atoms with Gasteiger partial charge < -0.3 is 14.8 Å². The first-order valence-corrected chi connectivity index (χ1v) is 8.35. The molecule has 0 saturated carbocycles. The fourth-order valence-electron chi connectivity index (χ4n) is 2.28. The Kier molecular flexibility index (Phi) is 8.21. The molecule has 0 unspecified atom stereocenters. The molecule has 3 amide bonds. The number of urea groups is 1. The van der Waals surface area contributed by atoms with Crippen LogP contribution < -0.4 is 25.4 Å². The molecular weight excluding hydrogens is 322 g/mol. The minimum atomic E-state index is -0.560. The van der Waals surface area contributed by atoms with Gasteiger partial charge in [0.15, 0.2) is 0 Å². The number of methoxy groups -OCH3 is 2. The van der Waals surface area contributed by atoms with Gasteiger partial charge in [0.05, 0.1) is 20.3 Å². The van der Waals surface area contributed by atoms with Crippen molar-refractivity contribution in [3.05, 3.63) is 23.8 Å². The van der Waals surface area contributed by atoms with Crippen LogP contribution >= 0.6 is 0 Å². The van der Waals surface area contributed by atoms with Crippen molar-refractivity contribution in [1.29, 1.82) is 0 Å². The summed E-state index contributed by atoms with van der Waals surface area (Å²) < 4.78 is 10.6. The lowest BCUT2D eigenvalue weighted by Crippen LogP contribution is -2.49. The zero-order chi connectivity index (χ0) is 19.0. The summed E-state index contributed by atoms with van der Waals surface area (Å²) in [5.74, 6) is 1.32. The smallest absolute Gasteiger partial charge is 0.321 e. The summed E-state index contributed by atoms with van der Waals surface area (Å²) >= 11 is 0. The highest BCUT2D eigenvalue weighted by molar-refractivity contribution is 5.96. The molecule has 7 nitrogen and oxygen atoms in total. The molecule has 0 saturated heterocycles. The highest BCUT2D eigenvalue weighted by atomic mass is 16.5. The molecule has 2 atom stereocenters. The highest BCUT2D eigenvalue weighted by Gasteiger charge is 2.20. The number of rotatable bonds is 8. The standard InChI is InChI=1S/C18H29N3O4/c1-11(2)10-19-18(23)21-17(22)13(4)20-12(3)15-9-14(24-5)7-8-16(15)25-6/h7-9,11-13,20H,10H2,1-6H3,(H2,19,21,22,23)/t12-,13-/m0/s1. The quantitative estimate of drug-likeness (QED) is 0.668. The highest BCUT2D eigenvalue weighted by Crippen LogP contribution is 2.29. The molecule has 0 aromatic heterocycles. The van der Waals surface area contributed by atoms with Gasteiger partial charge in [0.1, 0.15) is 11.5 Å². The number of hydrogen-bond donors (Lipinski definition) is 3. The Bertz CT molecular complexity index is 590. The Morgan fingerprint density at radius 2 is 1.76 bits per heavy atom. The molecule has 140 valence electrons. The summed E-state index contributed by atoms with van der Waals surface area (Å²) in [6, 6.07) is 4.26. The van der Waals surface area contributed by atoms with Gasteiger partial charge in [0.25, 0.3) is 0 Å².